The Labute approximate surface area is 92.7 Å². The molecule has 0 heterocycles. The van der Waals surface area contributed by atoms with Crippen molar-refractivity contribution in [3.05, 3.63) is 18.4 Å². The molecule has 15 heavy (non-hydrogen) atoms. The second kappa shape index (κ2) is 8.31. The maximum absolute atomic E-state index is 10.3. The lowest BCUT2D eigenvalue weighted by Crippen LogP contribution is -2.02. The third kappa shape index (κ3) is 9.30. The summed E-state index contributed by atoms with van der Waals surface area (Å²) in [7, 11) is 0. The van der Waals surface area contributed by atoms with Gasteiger partial charge in [-0.15, -0.1) is 5.73 Å². The lowest BCUT2D eigenvalue weighted by Gasteiger charge is -2.13. The summed E-state index contributed by atoms with van der Waals surface area (Å²) in [6.07, 6.45) is 6.23. The number of hydrogen-bond donors (Lipinski definition) is 1. The van der Waals surface area contributed by atoms with Gasteiger partial charge in [-0.25, -0.2) is 0 Å². The normalized spacial score (nSPS) is 12.2. The molecule has 2 nitrogen and oxygen atoms in total. The van der Waals surface area contributed by atoms with Crippen LogP contribution in [0.5, 0.6) is 0 Å². The summed E-state index contributed by atoms with van der Waals surface area (Å²) in [5.41, 5.74) is 2.83. The zero-order valence-electron chi connectivity index (χ0n) is 9.83. The van der Waals surface area contributed by atoms with Gasteiger partial charge in [0.05, 0.1) is 0 Å². The molecule has 0 saturated carbocycles. The summed E-state index contributed by atoms with van der Waals surface area (Å²) in [5, 5.41) is 8.50. The first-order valence-corrected chi connectivity index (χ1v) is 5.64. The smallest absolute Gasteiger partial charge is 0.303 e. The number of allylic oxidation sites excluding steroid dienone is 1. The summed E-state index contributed by atoms with van der Waals surface area (Å²) >= 11 is 0. The Morgan fingerprint density at radius 2 is 2.13 bits per heavy atom. The number of hydrogen-bond acceptors (Lipinski definition) is 1. The zero-order chi connectivity index (χ0) is 11.7. The van der Waals surface area contributed by atoms with E-state index in [4.69, 9.17) is 5.11 Å². The minimum atomic E-state index is -0.699. The molecule has 0 bridgehead atoms. The van der Waals surface area contributed by atoms with Crippen LogP contribution < -0.4 is 0 Å². The van der Waals surface area contributed by atoms with Crippen molar-refractivity contribution < 1.29 is 9.90 Å². The predicted molar refractivity (Wildman–Crippen MR) is 62.8 cm³/mol. The van der Waals surface area contributed by atoms with E-state index in [1.165, 1.54) is 0 Å². The van der Waals surface area contributed by atoms with Crippen molar-refractivity contribution >= 4 is 5.97 Å². The Bertz CT molecular complexity index is 225. The molecule has 0 fully saturated rings. The van der Waals surface area contributed by atoms with Crippen LogP contribution in [0.3, 0.4) is 0 Å². The van der Waals surface area contributed by atoms with Crippen molar-refractivity contribution in [2.75, 3.05) is 0 Å². The van der Waals surface area contributed by atoms with Gasteiger partial charge in [-0.2, -0.15) is 0 Å². The first kappa shape index (κ1) is 14.0. The van der Waals surface area contributed by atoms with Crippen LogP contribution in [-0.4, -0.2) is 11.1 Å². The minimum absolute atomic E-state index is 0.284. The summed E-state index contributed by atoms with van der Waals surface area (Å²) in [5.74, 6) is 0.477. The van der Waals surface area contributed by atoms with Gasteiger partial charge in [-0.05, 0) is 37.2 Å². The molecular formula is C13H22O2. The molecule has 0 saturated heterocycles. The largest absolute Gasteiger partial charge is 0.481 e. The van der Waals surface area contributed by atoms with Gasteiger partial charge in [-0.1, -0.05) is 26.8 Å². The molecule has 0 aliphatic heterocycles. The first-order valence-electron chi connectivity index (χ1n) is 5.64. The van der Waals surface area contributed by atoms with E-state index >= 15 is 0 Å². The Hall–Kier alpha value is -1.01. The van der Waals surface area contributed by atoms with E-state index in [1.54, 1.807) is 0 Å². The Balaban J connectivity index is 3.75. The molecule has 0 spiro atoms. The van der Waals surface area contributed by atoms with Crippen LogP contribution in [0.2, 0.25) is 0 Å². The molecule has 0 rings (SSSR count). The SMILES string of the molecule is C=C=CC(CCCCC(=O)O)CC(C)C. The summed E-state index contributed by atoms with van der Waals surface area (Å²) in [6, 6.07) is 0. The molecule has 1 N–H and O–H groups in total. The fourth-order valence-electron chi connectivity index (χ4n) is 1.72. The van der Waals surface area contributed by atoms with Crippen LogP contribution in [0.25, 0.3) is 0 Å². The van der Waals surface area contributed by atoms with Gasteiger partial charge in [-0.3, -0.25) is 4.79 Å². The maximum atomic E-state index is 10.3. The number of rotatable bonds is 8. The standard InChI is InChI=1S/C13H22O2/c1-4-7-12(10-11(2)3)8-5-6-9-13(14)15/h7,11-12H,1,5-6,8-10H2,2-3H3,(H,14,15). The highest BCUT2D eigenvalue weighted by atomic mass is 16.4. The molecule has 0 radical (unpaired) electrons. The number of carbonyl (C=O) groups is 1. The van der Waals surface area contributed by atoms with Crippen LogP contribution in [0.1, 0.15) is 46.0 Å². The highest BCUT2D eigenvalue weighted by Crippen LogP contribution is 2.19. The second-order valence-electron chi connectivity index (χ2n) is 4.40. The van der Waals surface area contributed by atoms with Gasteiger partial charge in [0, 0.05) is 6.42 Å². The first-order chi connectivity index (χ1) is 7.06. The summed E-state index contributed by atoms with van der Waals surface area (Å²) in [4.78, 5) is 10.3. The lowest BCUT2D eigenvalue weighted by molar-refractivity contribution is -0.137. The number of carboxylic acids is 1. The number of unbranched alkanes of at least 4 members (excludes halogenated alkanes) is 1. The van der Waals surface area contributed by atoms with Crippen LogP contribution in [0, 0.1) is 11.8 Å². The van der Waals surface area contributed by atoms with Crippen LogP contribution in [0.15, 0.2) is 18.4 Å². The number of carboxylic acid groups (broad SMARTS) is 1. The molecular weight excluding hydrogens is 188 g/mol. The average Bonchev–Trinajstić information content (AvgIpc) is 2.11. The zero-order valence-corrected chi connectivity index (χ0v) is 9.83. The molecule has 0 aromatic carbocycles. The molecule has 2 heteroatoms. The third-order valence-corrected chi connectivity index (χ3v) is 2.34. The topological polar surface area (TPSA) is 37.3 Å². The van der Waals surface area contributed by atoms with Gasteiger partial charge in [0.1, 0.15) is 0 Å². The van der Waals surface area contributed by atoms with E-state index in [2.05, 4.69) is 26.2 Å². The predicted octanol–water partition coefficient (Wildman–Crippen LogP) is 3.63. The van der Waals surface area contributed by atoms with E-state index < -0.39 is 5.97 Å². The quantitative estimate of drug-likeness (QED) is 0.490. The number of aliphatic carboxylic acids is 1. The van der Waals surface area contributed by atoms with Crippen LogP contribution in [-0.2, 0) is 4.79 Å². The average molecular weight is 210 g/mol. The molecule has 1 unspecified atom stereocenters. The summed E-state index contributed by atoms with van der Waals surface area (Å²) < 4.78 is 0. The highest BCUT2D eigenvalue weighted by molar-refractivity contribution is 5.66. The van der Waals surface area contributed by atoms with Crippen LogP contribution in [0.4, 0.5) is 0 Å². The highest BCUT2D eigenvalue weighted by Gasteiger charge is 2.07. The van der Waals surface area contributed by atoms with E-state index in [0.717, 1.165) is 25.7 Å². The molecule has 86 valence electrons. The van der Waals surface area contributed by atoms with E-state index in [9.17, 15) is 4.79 Å². The van der Waals surface area contributed by atoms with Gasteiger partial charge < -0.3 is 5.11 Å². The Morgan fingerprint density at radius 3 is 2.60 bits per heavy atom. The van der Waals surface area contributed by atoms with E-state index in [-0.39, 0.29) is 6.42 Å². The van der Waals surface area contributed by atoms with Crippen molar-refractivity contribution in [3.8, 4) is 0 Å². The molecule has 0 aliphatic rings. The molecule has 0 aromatic heterocycles. The fourth-order valence-corrected chi connectivity index (χ4v) is 1.72. The third-order valence-electron chi connectivity index (χ3n) is 2.34. The van der Waals surface area contributed by atoms with Crippen molar-refractivity contribution in [1.82, 2.24) is 0 Å². The van der Waals surface area contributed by atoms with Crippen molar-refractivity contribution in [2.45, 2.75) is 46.0 Å². The Kier molecular flexibility index (Phi) is 7.75. The lowest BCUT2D eigenvalue weighted by atomic mass is 9.92. The van der Waals surface area contributed by atoms with Gasteiger partial charge in [0.15, 0.2) is 0 Å². The molecule has 0 aromatic rings. The van der Waals surface area contributed by atoms with Crippen molar-refractivity contribution in [3.63, 3.8) is 0 Å². The summed E-state index contributed by atoms with van der Waals surface area (Å²) in [6.45, 7) is 7.98. The molecule has 0 aliphatic carbocycles. The van der Waals surface area contributed by atoms with E-state index in [0.29, 0.717) is 11.8 Å². The molecule has 0 amide bonds. The fraction of sp³-hybridized carbons (Fsp3) is 0.692. The van der Waals surface area contributed by atoms with Crippen molar-refractivity contribution in [2.24, 2.45) is 11.8 Å². The maximum Gasteiger partial charge on any atom is 0.303 e. The van der Waals surface area contributed by atoms with Crippen molar-refractivity contribution in [1.29, 1.82) is 0 Å². The van der Waals surface area contributed by atoms with Gasteiger partial charge >= 0.3 is 5.97 Å². The molecule has 1 atom stereocenters. The van der Waals surface area contributed by atoms with E-state index in [1.807, 2.05) is 6.08 Å². The van der Waals surface area contributed by atoms with Gasteiger partial charge in [0.25, 0.3) is 0 Å². The van der Waals surface area contributed by atoms with Crippen LogP contribution >= 0.6 is 0 Å². The van der Waals surface area contributed by atoms with Gasteiger partial charge in [0.2, 0.25) is 0 Å². The monoisotopic (exact) mass is 210 g/mol. The second-order valence-corrected chi connectivity index (χ2v) is 4.40. The minimum Gasteiger partial charge on any atom is -0.481 e. The Morgan fingerprint density at radius 1 is 1.47 bits per heavy atom.